The minimum Gasteiger partial charge on any atom is -0.281 e. The van der Waals surface area contributed by atoms with Crippen LogP contribution in [0.5, 0.6) is 0 Å². The number of nitrogens with one attached hydrogen (secondary N) is 1. The van der Waals surface area contributed by atoms with Crippen LogP contribution in [0.15, 0.2) is 79.1 Å². The highest BCUT2D eigenvalue weighted by molar-refractivity contribution is 7.80. The quantitative estimate of drug-likeness (QED) is 0.465. The summed E-state index contributed by atoms with van der Waals surface area (Å²) in [4.78, 5) is 4.96. The lowest BCUT2D eigenvalue weighted by atomic mass is 10.0. The number of halogens is 1. The topological polar surface area (TPSA) is 46.0 Å². The standard InChI is InChI=1S/C24H20FN5S/c25-20-8-6-19(7-9-20)23-22(18-10-12-26-13-11-18)24-28-29(14-15-30(24)27-23)21(31)16-17-4-2-1-3-5-17/h1-13,28H,14-16H2. The van der Waals surface area contributed by atoms with E-state index in [1.54, 1.807) is 24.5 Å². The maximum atomic E-state index is 13.5. The Bertz CT molecular complexity index is 1210. The summed E-state index contributed by atoms with van der Waals surface area (Å²) in [7, 11) is 0. The molecule has 3 heterocycles. The molecule has 1 N–H and O–H groups in total. The van der Waals surface area contributed by atoms with Gasteiger partial charge in [0.15, 0.2) is 5.82 Å². The van der Waals surface area contributed by atoms with Crippen LogP contribution in [0.25, 0.3) is 22.4 Å². The Hall–Kier alpha value is -3.58. The van der Waals surface area contributed by atoms with E-state index in [2.05, 4.69) is 22.5 Å². The highest BCUT2D eigenvalue weighted by Gasteiger charge is 2.26. The lowest BCUT2D eigenvalue weighted by Crippen LogP contribution is -2.43. The Morgan fingerprint density at radius 3 is 2.42 bits per heavy atom. The molecule has 0 unspecified atom stereocenters. The Morgan fingerprint density at radius 1 is 0.935 bits per heavy atom. The molecule has 5 nitrogen and oxygen atoms in total. The Morgan fingerprint density at radius 2 is 1.68 bits per heavy atom. The number of pyridine rings is 1. The van der Waals surface area contributed by atoms with Gasteiger partial charge in [-0.1, -0.05) is 42.5 Å². The number of hydrogen-bond acceptors (Lipinski definition) is 4. The second kappa shape index (κ2) is 8.28. The van der Waals surface area contributed by atoms with Crippen LogP contribution in [0.3, 0.4) is 0 Å². The zero-order chi connectivity index (χ0) is 21.2. The molecule has 0 aliphatic carbocycles. The van der Waals surface area contributed by atoms with E-state index in [-0.39, 0.29) is 5.82 Å². The molecule has 31 heavy (non-hydrogen) atoms. The number of hydrogen-bond donors (Lipinski definition) is 1. The maximum absolute atomic E-state index is 13.5. The molecular weight excluding hydrogens is 409 g/mol. The van der Waals surface area contributed by atoms with Gasteiger partial charge in [0.25, 0.3) is 0 Å². The van der Waals surface area contributed by atoms with Gasteiger partial charge in [0, 0.05) is 24.4 Å². The number of anilines is 1. The average Bonchev–Trinajstić information content (AvgIpc) is 3.19. The minimum absolute atomic E-state index is 0.270. The number of benzene rings is 2. The monoisotopic (exact) mass is 429 g/mol. The summed E-state index contributed by atoms with van der Waals surface area (Å²) in [5, 5.41) is 6.86. The van der Waals surface area contributed by atoms with E-state index in [9.17, 15) is 4.39 Å². The Kier molecular flexibility index (Phi) is 5.18. The number of rotatable bonds is 4. The first-order valence-electron chi connectivity index (χ1n) is 10.1. The first-order valence-corrected chi connectivity index (χ1v) is 10.5. The highest BCUT2D eigenvalue weighted by atomic mass is 32.1. The van der Waals surface area contributed by atoms with Gasteiger partial charge in [-0.05, 0) is 47.5 Å². The Labute approximate surface area is 185 Å². The molecule has 154 valence electrons. The van der Waals surface area contributed by atoms with E-state index in [1.165, 1.54) is 17.7 Å². The van der Waals surface area contributed by atoms with E-state index in [4.69, 9.17) is 17.3 Å². The molecule has 5 rings (SSSR count). The third-order valence-corrected chi connectivity index (χ3v) is 5.68. The smallest absolute Gasteiger partial charge is 0.151 e. The molecule has 0 atom stereocenters. The molecule has 4 aromatic rings. The zero-order valence-electron chi connectivity index (χ0n) is 16.7. The first kappa shape index (κ1) is 19.4. The van der Waals surface area contributed by atoms with Gasteiger partial charge in [0.2, 0.25) is 0 Å². The molecule has 2 aromatic carbocycles. The molecule has 0 spiro atoms. The Balaban J connectivity index is 1.52. The predicted octanol–water partition coefficient (Wildman–Crippen LogP) is 4.96. The summed E-state index contributed by atoms with van der Waals surface area (Å²) in [6.07, 6.45) is 4.20. The van der Waals surface area contributed by atoms with E-state index in [0.717, 1.165) is 33.2 Å². The number of thiocarbonyl (C=S) groups is 1. The van der Waals surface area contributed by atoms with Crippen molar-refractivity contribution in [2.75, 3.05) is 12.0 Å². The first-order chi connectivity index (χ1) is 15.2. The van der Waals surface area contributed by atoms with Gasteiger partial charge in [-0.25, -0.2) is 9.07 Å². The lowest BCUT2D eigenvalue weighted by Gasteiger charge is -2.32. The molecule has 0 saturated carbocycles. The molecule has 0 bridgehead atoms. The normalized spacial score (nSPS) is 12.9. The fourth-order valence-electron chi connectivity index (χ4n) is 3.77. The van der Waals surface area contributed by atoms with Crippen LogP contribution in [0.1, 0.15) is 5.56 Å². The van der Waals surface area contributed by atoms with Gasteiger partial charge in [0.05, 0.1) is 18.7 Å². The molecule has 0 amide bonds. The van der Waals surface area contributed by atoms with E-state index in [0.29, 0.717) is 19.5 Å². The van der Waals surface area contributed by atoms with Crippen molar-refractivity contribution in [2.24, 2.45) is 0 Å². The summed E-state index contributed by atoms with van der Waals surface area (Å²) in [5.74, 6) is 0.598. The number of fused-ring (bicyclic) bond motifs is 1. The van der Waals surface area contributed by atoms with Crippen LogP contribution in [-0.2, 0) is 13.0 Å². The molecule has 7 heteroatoms. The highest BCUT2D eigenvalue weighted by Crippen LogP contribution is 2.39. The van der Waals surface area contributed by atoms with E-state index in [1.807, 2.05) is 40.0 Å². The second-order valence-corrected chi connectivity index (χ2v) is 7.83. The van der Waals surface area contributed by atoms with Crippen molar-refractivity contribution in [3.05, 3.63) is 90.5 Å². The zero-order valence-corrected chi connectivity index (χ0v) is 17.5. The fourth-order valence-corrected chi connectivity index (χ4v) is 4.07. The van der Waals surface area contributed by atoms with Crippen LogP contribution in [0.2, 0.25) is 0 Å². The molecular formula is C24H20FN5S. The third-order valence-electron chi connectivity index (χ3n) is 5.31. The lowest BCUT2D eigenvalue weighted by molar-refractivity contribution is 0.401. The number of aromatic nitrogens is 3. The van der Waals surface area contributed by atoms with Gasteiger partial charge in [-0.3, -0.25) is 15.4 Å². The third kappa shape index (κ3) is 3.92. The molecule has 2 aromatic heterocycles. The maximum Gasteiger partial charge on any atom is 0.151 e. The van der Waals surface area contributed by atoms with Gasteiger partial charge >= 0.3 is 0 Å². The average molecular weight is 430 g/mol. The molecule has 1 aliphatic rings. The van der Waals surface area contributed by atoms with Crippen molar-refractivity contribution < 1.29 is 4.39 Å². The van der Waals surface area contributed by atoms with Gasteiger partial charge in [-0.2, -0.15) is 5.10 Å². The summed E-state index contributed by atoms with van der Waals surface area (Å²) in [6.45, 7) is 1.40. The molecule has 0 radical (unpaired) electrons. The molecule has 1 aliphatic heterocycles. The largest absolute Gasteiger partial charge is 0.281 e. The van der Waals surface area contributed by atoms with Gasteiger partial charge in [-0.15, -0.1) is 0 Å². The fraction of sp³-hybridized carbons (Fsp3) is 0.125. The van der Waals surface area contributed by atoms with E-state index < -0.39 is 0 Å². The summed E-state index contributed by atoms with van der Waals surface area (Å²) >= 11 is 5.74. The summed E-state index contributed by atoms with van der Waals surface area (Å²) in [5.41, 5.74) is 8.24. The van der Waals surface area contributed by atoms with Crippen LogP contribution in [0.4, 0.5) is 10.2 Å². The van der Waals surface area contributed by atoms with Crippen molar-refractivity contribution in [3.8, 4) is 22.4 Å². The van der Waals surface area contributed by atoms with Crippen LogP contribution < -0.4 is 5.43 Å². The van der Waals surface area contributed by atoms with Crippen molar-refractivity contribution in [2.45, 2.75) is 13.0 Å². The molecule has 0 saturated heterocycles. The predicted molar refractivity (Wildman–Crippen MR) is 124 cm³/mol. The van der Waals surface area contributed by atoms with Crippen LogP contribution in [-0.4, -0.2) is 31.3 Å². The van der Waals surface area contributed by atoms with Crippen molar-refractivity contribution >= 4 is 23.0 Å². The van der Waals surface area contributed by atoms with Gasteiger partial charge in [0.1, 0.15) is 16.5 Å². The minimum atomic E-state index is -0.270. The second-order valence-electron chi connectivity index (χ2n) is 7.36. The van der Waals surface area contributed by atoms with Gasteiger partial charge < -0.3 is 0 Å². The number of nitrogens with zero attached hydrogens (tertiary/aromatic N) is 4. The van der Waals surface area contributed by atoms with Crippen molar-refractivity contribution in [1.29, 1.82) is 0 Å². The SMILES string of the molecule is Fc1ccc(-c2nn3c(c2-c2ccncc2)NN(C(=S)Cc2ccccc2)CC3)cc1. The van der Waals surface area contributed by atoms with Crippen molar-refractivity contribution in [3.63, 3.8) is 0 Å². The van der Waals surface area contributed by atoms with E-state index >= 15 is 0 Å². The summed E-state index contributed by atoms with van der Waals surface area (Å²) in [6, 6.07) is 20.5. The number of hydrazine groups is 1. The van der Waals surface area contributed by atoms with Crippen molar-refractivity contribution in [1.82, 2.24) is 19.8 Å². The van der Waals surface area contributed by atoms with Crippen LogP contribution in [0, 0.1) is 5.82 Å². The summed E-state index contributed by atoms with van der Waals surface area (Å²) < 4.78 is 15.5. The molecule has 0 fully saturated rings. The van der Waals surface area contributed by atoms with Crippen LogP contribution >= 0.6 is 12.2 Å².